The summed E-state index contributed by atoms with van der Waals surface area (Å²) in [6.07, 6.45) is 3.68. The largest absolute Gasteiger partial charge is 0.496 e. The van der Waals surface area contributed by atoms with Gasteiger partial charge in [-0.25, -0.2) is 4.72 Å². The van der Waals surface area contributed by atoms with Crippen LogP contribution in [-0.4, -0.2) is 40.6 Å². The molecule has 7 nitrogen and oxygen atoms in total. The van der Waals surface area contributed by atoms with Crippen molar-refractivity contribution in [3.63, 3.8) is 0 Å². The van der Waals surface area contributed by atoms with Crippen LogP contribution in [0.3, 0.4) is 0 Å². The lowest BCUT2D eigenvalue weighted by molar-refractivity contribution is 0.0932. The third-order valence-corrected chi connectivity index (χ3v) is 7.36. The van der Waals surface area contributed by atoms with Crippen molar-refractivity contribution in [2.24, 2.45) is 0 Å². The molecule has 2 aromatic rings. The van der Waals surface area contributed by atoms with E-state index in [1.165, 1.54) is 0 Å². The van der Waals surface area contributed by atoms with Gasteiger partial charge in [0.2, 0.25) is 0 Å². The molecule has 0 atom stereocenters. The van der Waals surface area contributed by atoms with Gasteiger partial charge in [0.15, 0.2) is 0 Å². The van der Waals surface area contributed by atoms with Crippen molar-refractivity contribution < 1.29 is 17.9 Å². The molecule has 0 unspecified atom stereocenters. The molecule has 0 saturated heterocycles. The molecule has 1 fully saturated rings. The average Bonchev–Trinajstić information content (AvgIpc) is 2.82. The lowest BCUT2D eigenvalue weighted by Gasteiger charge is -2.41. The van der Waals surface area contributed by atoms with E-state index in [0.29, 0.717) is 37.2 Å². The minimum atomic E-state index is -3.50. The third-order valence-electron chi connectivity index (χ3n) is 6.13. The molecule has 2 aromatic carbocycles. The predicted molar refractivity (Wildman–Crippen MR) is 126 cm³/mol. The standard InChI is InChI=1S/C24H33N3O4S/c1-3-17-26-32(29,30)27-20-13-15-24(16-14-20,19-9-5-4-6-10-19)18-25-23(28)21-11-7-8-12-22(21)31-2/h4-12,20,26-27H,3,13-18H2,1-2H3,(H,25,28)/t20-,24-. The van der Waals surface area contributed by atoms with Gasteiger partial charge >= 0.3 is 0 Å². The fourth-order valence-electron chi connectivity index (χ4n) is 4.32. The maximum absolute atomic E-state index is 12.9. The van der Waals surface area contributed by atoms with E-state index in [9.17, 15) is 13.2 Å². The van der Waals surface area contributed by atoms with Crippen LogP contribution in [0.5, 0.6) is 5.75 Å². The minimum absolute atomic E-state index is 0.119. The van der Waals surface area contributed by atoms with Crippen LogP contribution in [0, 0.1) is 0 Å². The number of carbonyl (C=O) groups excluding carboxylic acids is 1. The molecule has 1 aliphatic rings. The van der Waals surface area contributed by atoms with Gasteiger partial charge in [-0.1, -0.05) is 49.4 Å². The van der Waals surface area contributed by atoms with E-state index < -0.39 is 10.2 Å². The second kappa shape index (κ2) is 10.9. The number of methoxy groups -OCH3 is 1. The van der Waals surface area contributed by atoms with Crippen LogP contribution in [0.15, 0.2) is 54.6 Å². The van der Waals surface area contributed by atoms with Crippen molar-refractivity contribution in [3.05, 3.63) is 65.7 Å². The van der Waals surface area contributed by atoms with Crippen LogP contribution in [0.1, 0.15) is 54.9 Å². The second-order valence-electron chi connectivity index (χ2n) is 8.32. The molecule has 0 spiro atoms. The number of hydrogen-bond donors (Lipinski definition) is 3. The van der Waals surface area contributed by atoms with Crippen molar-refractivity contribution in [3.8, 4) is 5.75 Å². The fraction of sp³-hybridized carbons (Fsp3) is 0.458. The molecule has 0 radical (unpaired) electrons. The van der Waals surface area contributed by atoms with Crippen molar-refractivity contribution in [1.82, 2.24) is 14.8 Å². The second-order valence-corrected chi connectivity index (χ2v) is 9.85. The zero-order valence-corrected chi connectivity index (χ0v) is 19.6. The summed E-state index contributed by atoms with van der Waals surface area (Å²) in [6.45, 7) is 2.82. The fourth-order valence-corrected chi connectivity index (χ4v) is 5.55. The van der Waals surface area contributed by atoms with Crippen molar-refractivity contribution >= 4 is 16.1 Å². The summed E-state index contributed by atoms with van der Waals surface area (Å²) in [5.41, 5.74) is 1.41. The Hall–Kier alpha value is -2.42. The number of amides is 1. The zero-order valence-electron chi connectivity index (χ0n) is 18.8. The number of rotatable bonds is 10. The van der Waals surface area contributed by atoms with Crippen molar-refractivity contribution in [2.45, 2.75) is 50.5 Å². The molecular weight excluding hydrogens is 426 g/mol. The van der Waals surface area contributed by atoms with Gasteiger partial charge in [-0.05, 0) is 49.8 Å². The van der Waals surface area contributed by atoms with Crippen LogP contribution in [-0.2, 0) is 15.6 Å². The zero-order chi connectivity index (χ0) is 23.0. The summed E-state index contributed by atoms with van der Waals surface area (Å²) in [7, 11) is -1.95. The Morgan fingerprint density at radius 1 is 1.06 bits per heavy atom. The van der Waals surface area contributed by atoms with Gasteiger partial charge in [0.25, 0.3) is 16.1 Å². The molecular formula is C24H33N3O4S. The minimum Gasteiger partial charge on any atom is -0.496 e. The first kappa shape index (κ1) is 24.2. The SMILES string of the molecule is CCCNS(=O)(=O)N[C@H]1CC[C@](CNC(=O)c2ccccc2OC)(c2ccccc2)CC1. The molecule has 174 valence electrons. The van der Waals surface area contributed by atoms with E-state index in [0.717, 1.165) is 24.8 Å². The van der Waals surface area contributed by atoms with Gasteiger partial charge < -0.3 is 10.1 Å². The monoisotopic (exact) mass is 459 g/mol. The molecule has 0 heterocycles. The third kappa shape index (κ3) is 6.09. The Morgan fingerprint density at radius 2 is 1.72 bits per heavy atom. The molecule has 1 aliphatic carbocycles. The van der Waals surface area contributed by atoms with Crippen LogP contribution >= 0.6 is 0 Å². The number of para-hydroxylation sites is 1. The van der Waals surface area contributed by atoms with E-state index in [-0.39, 0.29) is 17.4 Å². The number of hydrogen-bond acceptors (Lipinski definition) is 4. The molecule has 8 heteroatoms. The quantitative estimate of drug-likeness (QED) is 0.509. The van der Waals surface area contributed by atoms with E-state index in [1.54, 1.807) is 19.2 Å². The van der Waals surface area contributed by atoms with Gasteiger partial charge in [-0.15, -0.1) is 0 Å². The molecule has 0 bridgehead atoms. The van der Waals surface area contributed by atoms with Crippen LogP contribution in [0.2, 0.25) is 0 Å². The van der Waals surface area contributed by atoms with Crippen LogP contribution < -0.4 is 19.5 Å². The maximum atomic E-state index is 12.9. The topological polar surface area (TPSA) is 96.5 Å². The molecule has 32 heavy (non-hydrogen) atoms. The Balaban J connectivity index is 1.71. The van der Waals surface area contributed by atoms with Crippen LogP contribution in [0.4, 0.5) is 0 Å². The van der Waals surface area contributed by atoms with Crippen LogP contribution in [0.25, 0.3) is 0 Å². The average molecular weight is 460 g/mol. The highest BCUT2D eigenvalue weighted by Crippen LogP contribution is 2.39. The summed E-state index contributed by atoms with van der Waals surface area (Å²) < 4.78 is 35.1. The summed E-state index contributed by atoms with van der Waals surface area (Å²) >= 11 is 0. The normalized spacial score (nSPS) is 21.1. The van der Waals surface area contributed by atoms with E-state index in [1.807, 2.05) is 37.3 Å². The lowest BCUT2D eigenvalue weighted by Crippen LogP contribution is -2.49. The molecule has 0 aliphatic heterocycles. The highest BCUT2D eigenvalue weighted by atomic mass is 32.2. The maximum Gasteiger partial charge on any atom is 0.277 e. The number of nitrogens with one attached hydrogen (secondary N) is 3. The Kier molecular flexibility index (Phi) is 8.28. The smallest absolute Gasteiger partial charge is 0.277 e. The summed E-state index contributed by atoms with van der Waals surface area (Å²) in [5.74, 6) is 0.362. The molecule has 1 saturated carbocycles. The Morgan fingerprint density at radius 3 is 2.38 bits per heavy atom. The van der Waals surface area contributed by atoms with Gasteiger partial charge in [0.1, 0.15) is 5.75 Å². The van der Waals surface area contributed by atoms with Gasteiger partial charge in [0, 0.05) is 24.5 Å². The van der Waals surface area contributed by atoms with E-state index in [4.69, 9.17) is 4.74 Å². The lowest BCUT2D eigenvalue weighted by atomic mass is 9.68. The summed E-state index contributed by atoms with van der Waals surface area (Å²) in [4.78, 5) is 12.9. The predicted octanol–water partition coefficient (Wildman–Crippen LogP) is 3.14. The van der Waals surface area contributed by atoms with Gasteiger partial charge in [-0.2, -0.15) is 13.1 Å². The number of benzene rings is 2. The highest BCUT2D eigenvalue weighted by molar-refractivity contribution is 7.87. The Labute approximate surface area is 191 Å². The van der Waals surface area contributed by atoms with Gasteiger partial charge in [0.05, 0.1) is 12.7 Å². The van der Waals surface area contributed by atoms with Crippen molar-refractivity contribution in [1.29, 1.82) is 0 Å². The highest BCUT2D eigenvalue weighted by Gasteiger charge is 2.38. The van der Waals surface area contributed by atoms with E-state index in [2.05, 4.69) is 26.9 Å². The molecule has 3 rings (SSSR count). The molecule has 3 N–H and O–H groups in total. The van der Waals surface area contributed by atoms with Crippen molar-refractivity contribution in [2.75, 3.05) is 20.2 Å². The first-order valence-electron chi connectivity index (χ1n) is 11.1. The number of carbonyl (C=O) groups is 1. The molecule has 0 aromatic heterocycles. The first-order valence-corrected chi connectivity index (χ1v) is 12.6. The summed E-state index contributed by atoms with van der Waals surface area (Å²) in [6, 6.07) is 17.2. The number of ether oxygens (including phenoxy) is 1. The van der Waals surface area contributed by atoms with E-state index >= 15 is 0 Å². The molecule has 1 amide bonds. The first-order chi connectivity index (χ1) is 15.4. The Bertz CT molecular complexity index is 987. The summed E-state index contributed by atoms with van der Waals surface area (Å²) in [5, 5.41) is 3.10. The van der Waals surface area contributed by atoms with Gasteiger partial charge in [-0.3, -0.25) is 4.79 Å².